The third-order valence-corrected chi connectivity index (χ3v) is 2.50. The van der Waals surface area contributed by atoms with Crippen LogP contribution < -0.4 is 5.32 Å². The maximum atomic E-state index is 11.1. The summed E-state index contributed by atoms with van der Waals surface area (Å²) in [6.45, 7) is 8.60. The molecule has 0 aliphatic heterocycles. The molecule has 0 radical (unpaired) electrons. The molecule has 0 aliphatic carbocycles. The van der Waals surface area contributed by atoms with Gasteiger partial charge in [0.15, 0.2) is 0 Å². The van der Waals surface area contributed by atoms with E-state index in [-0.39, 0.29) is 5.91 Å². The maximum absolute atomic E-state index is 11.1. The molecular weight excluding hydrogens is 216 g/mol. The van der Waals surface area contributed by atoms with Gasteiger partial charge < -0.3 is 10.4 Å². The number of nitrogens with one attached hydrogen (secondary N) is 1. The van der Waals surface area contributed by atoms with Gasteiger partial charge in [0, 0.05) is 6.92 Å². The highest BCUT2D eigenvalue weighted by Crippen LogP contribution is 2.22. The van der Waals surface area contributed by atoms with Crippen LogP contribution in [0.25, 0.3) is 0 Å². The van der Waals surface area contributed by atoms with Crippen LogP contribution in [0.2, 0.25) is 0 Å². The summed E-state index contributed by atoms with van der Waals surface area (Å²) in [7, 11) is 0. The lowest BCUT2D eigenvalue weighted by molar-refractivity contribution is -0.120. The molecule has 1 amide bonds. The number of aromatic nitrogens is 1. The van der Waals surface area contributed by atoms with Gasteiger partial charge in [0.05, 0.1) is 16.9 Å². The predicted molar refractivity (Wildman–Crippen MR) is 66.3 cm³/mol. The minimum Gasteiger partial charge on any atom is -0.384 e. The molecule has 17 heavy (non-hydrogen) atoms. The molecule has 0 saturated carbocycles. The van der Waals surface area contributed by atoms with Crippen LogP contribution in [0.15, 0.2) is 18.2 Å². The molecule has 0 aromatic carbocycles. The summed E-state index contributed by atoms with van der Waals surface area (Å²) in [6, 6.07) is 5.44. The summed E-state index contributed by atoms with van der Waals surface area (Å²) >= 11 is 0. The Hall–Kier alpha value is -1.42. The van der Waals surface area contributed by atoms with Crippen molar-refractivity contribution in [2.45, 2.75) is 45.8 Å². The van der Waals surface area contributed by atoms with Gasteiger partial charge >= 0.3 is 0 Å². The van der Waals surface area contributed by atoms with Crippen molar-refractivity contribution in [3.63, 3.8) is 0 Å². The van der Waals surface area contributed by atoms with Crippen molar-refractivity contribution in [2.24, 2.45) is 0 Å². The lowest BCUT2D eigenvalue weighted by Gasteiger charge is -2.27. The minimum absolute atomic E-state index is 0.106. The van der Waals surface area contributed by atoms with Crippen LogP contribution in [0.3, 0.4) is 0 Å². The van der Waals surface area contributed by atoms with E-state index in [0.717, 1.165) is 5.69 Å². The standard InChI is InChI=1S/C13H20N2O2/c1-9(16)15-12(2,3)10-7-6-8-11(14-10)13(4,5)17/h6-8,17H,1-5H3,(H,15,16). The fourth-order valence-electron chi connectivity index (χ4n) is 1.63. The Morgan fingerprint density at radius 3 is 2.24 bits per heavy atom. The molecule has 0 bridgehead atoms. The van der Waals surface area contributed by atoms with E-state index in [9.17, 15) is 9.90 Å². The number of carbonyl (C=O) groups is 1. The number of amides is 1. The smallest absolute Gasteiger partial charge is 0.217 e. The summed E-state index contributed by atoms with van der Waals surface area (Å²) in [5.41, 5.74) is -0.212. The van der Waals surface area contributed by atoms with Crippen molar-refractivity contribution < 1.29 is 9.90 Å². The molecule has 0 atom stereocenters. The zero-order chi connectivity index (χ0) is 13.3. The molecule has 2 N–H and O–H groups in total. The first-order valence-corrected chi connectivity index (χ1v) is 5.62. The molecule has 0 fully saturated rings. The van der Waals surface area contributed by atoms with E-state index in [2.05, 4.69) is 10.3 Å². The van der Waals surface area contributed by atoms with Crippen molar-refractivity contribution in [3.8, 4) is 0 Å². The number of pyridine rings is 1. The third-order valence-electron chi connectivity index (χ3n) is 2.50. The molecule has 0 aliphatic rings. The van der Waals surface area contributed by atoms with Gasteiger partial charge in [-0.15, -0.1) is 0 Å². The van der Waals surface area contributed by atoms with Crippen molar-refractivity contribution in [2.75, 3.05) is 0 Å². The second kappa shape index (κ2) is 4.45. The quantitative estimate of drug-likeness (QED) is 0.839. The average Bonchev–Trinajstić information content (AvgIpc) is 2.14. The molecule has 1 aromatic heterocycles. The Balaban J connectivity index is 3.11. The van der Waals surface area contributed by atoms with Gasteiger partial charge in [0.1, 0.15) is 5.60 Å². The Labute approximate surface area is 102 Å². The highest BCUT2D eigenvalue weighted by atomic mass is 16.3. The molecule has 94 valence electrons. The first kappa shape index (κ1) is 13.6. The number of aliphatic hydroxyl groups is 1. The van der Waals surface area contributed by atoms with Gasteiger partial charge in [0.2, 0.25) is 5.91 Å². The van der Waals surface area contributed by atoms with Gasteiger partial charge in [-0.2, -0.15) is 0 Å². The molecule has 0 unspecified atom stereocenters. The SMILES string of the molecule is CC(=O)NC(C)(C)c1cccc(C(C)(C)O)n1. The molecule has 1 rings (SSSR count). The van der Waals surface area contributed by atoms with Crippen LogP contribution in [0, 0.1) is 0 Å². The van der Waals surface area contributed by atoms with Gasteiger partial charge in [-0.25, -0.2) is 0 Å². The van der Waals surface area contributed by atoms with Crippen LogP contribution in [0.1, 0.15) is 46.0 Å². The minimum atomic E-state index is -0.984. The molecule has 1 heterocycles. The summed E-state index contributed by atoms with van der Waals surface area (Å²) in [5.74, 6) is -0.106. The summed E-state index contributed by atoms with van der Waals surface area (Å²) in [6.07, 6.45) is 0. The van der Waals surface area contributed by atoms with Gasteiger partial charge in [-0.1, -0.05) is 6.07 Å². The lowest BCUT2D eigenvalue weighted by Crippen LogP contribution is -2.40. The number of rotatable bonds is 3. The first-order chi connectivity index (χ1) is 7.63. The zero-order valence-electron chi connectivity index (χ0n) is 11.0. The summed E-state index contributed by atoms with van der Waals surface area (Å²) in [5, 5.41) is 12.7. The molecule has 0 saturated heterocycles. The number of hydrogen-bond acceptors (Lipinski definition) is 3. The Kier molecular flexibility index (Phi) is 3.57. The number of carbonyl (C=O) groups excluding carboxylic acids is 1. The number of hydrogen-bond donors (Lipinski definition) is 2. The molecule has 1 aromatic rings. The normalized spacial score (nSPS) is 12.4. The second-order valence-electron chi connectivity index (χ2n) is 5.27. The van der Waals surface area contributed by atoms with E-state index in [0.29, 0.717) is 5.69 Å². The van der Waals surface area contributed by atoms with Crippen LogP contribution in [0.5, 0.6) is 0 Å². The Bertz CT molecular complexity index is 420. The molecule has 4 nitrogen and oxygen atoms in total. The maximum Gasteiger partial charge on any atom is 0.217 e. The van der Waals surface area contributed by atoms with E-state index < -0.39 is 11.1 Å². The highest BCUT2D eigenvalue weighted by molar-refractivity contribution is 5.73. The summed E-state index contributed by atoms with van der Waals surface area (Å²) < 4.78 is 0. The van der Waals surface area contributed by atoms with Crippen molar-refractivity contribution in [1.29, 1.82) is 0 Å². The molecular formula is C13H20N2O2. The Morgan fingerprint density at radius 2 is 1.76 bits per heavy atom. The topological polar surface area (TPSA) is 62.2 Å². The predicted octanol–water partition coefficient (Wildman–Crippen LogP) is 1.68. The van der Waals surface area contributed by atoms with E-state index >= 15 is 0 Å². The zero-order valence-corrected chi connectivity index (χ0v) is 11.0. The highest BCUT2D eigenvalue weighted by Gasteiger charge is 2.25. The van der Waals surface area contributed by atoms with Crippen LogP contribution in [-0.2, 0) is 15.9 Å². The first-order valence-electron chi connectivity index (χ1n) is 5.62. The fourth-order valence-corrected chi connectivity index (χ4v) is 1.63. The van der Waals surface area contributed by atoms with E-state index in [1.807, 2.05) is 26.0 Å². The van der Waals surface area contributed by atoms with Gasteiger partial charge in [0.25, 0.3) is 0 Å². The van der Waals surface area contributed by atoms with E-state index in [4.69, 9.17) is 0 Å². The Morgan fingerprint density at radius 1 is 1.24 bits per heavy atom. The van der Waals surface area contributed by atoms with E-state index in [1.54, 1.807) is 19.9 Å². The van der Waals surface area contributed by atoms with Crippen molar-refractivity contribution in [3.05, 3.63) is 29.6 Å². The van der Waals surface area contributed by atoms with Crippen LogP contribution in [0.4, 0.5) is 0 Å². The van der Waals surface area contributed by atoms with Crippen molar-refractivity contribution >= 4 is 5.91 Å². The van der Waals surface area contributed by atoms with E-state index in [1.165, 1.54) is 6.92 Å². The van der Waals surface area contributed by atoms with Crippen LogP contribution >= 0.6 is 0 Å². The lowest BCUT2D eigenvalue weighted by atomic mass is 9.97. The average molecular weight is 236 g/mol. The largest absolute Gasteiger partial charge is 0.384 e. The third kappa shape index (κ3) is 3.53. The fraction of sp³-hybridized carbons (Fsp3) is 0.538. The number of nitrogens with zero attached hydrogens (tertiary/aromatic N) is 1. The second-order valence-corrected chi connectivity index (χ2v) is 5.27. The molecule has 0 spiro atoms. The van der Waals surface area contributed by atoms with Crippen LogP contribution in [-0.4, -0.2) is 16.0 Å². The summed E-state index contributed by atoms with van der Waals surface area (Å²) in [4.78, 5) is 15.5. The van der Waals surface area contributed by atoms with Gasteiger partial charge in [-0.05, 0) is 39.8 Å². The van der Waals surface area contributed by atoms with Gasteiger partial charge in [-0.3, -0.25) is 9.78 Å². The monoisotopic (exact) mass is 236 g/mol. The van der Waals surface area contributed by atoms with Crippen molar-refractivity contribution in [1.82, 2.24) is 10.3 Å². The molecule has 4 heteroatoms.